The third-order valence-electron chi connectivity index (χ3n) is 6.91. The zero-order valence-corrected chi connectivity index (χ0v) is 21.2. The number of thiocarbonyl (C=S) groups is 1. The molecule has 0 aliphatic carbocycles. The number of ether oxygens (including phenoxy) is 2. The average Bonchev–Trinajstić information content (AvgIpc) is 3.44. The van der Waals surface area contributed by atoms with Crippen LogP contribution in [0.2, 0.25) is 0 Å². The summed E-state index contributed by atoms with van der Waals surface area (Å²) >= 11 is 5.89. The first-order valence-electron chi connectivity index (χ1n) is 12.3. The lowest BCUT2D eigenvalue weighted by atomic mass is 10.0. The third-order valence-corrected chi connectivity index (χ3v) is 7.27. The van der Waals surface area contributed by atoms with Crippen LogP contribution >= 0.6 is 12.2 Å². The molecule has 0 unspecified atom stereocenters. The highest BCUT2D eigenvalue weighted by Gasteiger charge is 2.41. The Bertz CT molecular complexity index is 1130. The molecule has 0 spiro atoms. The van der Waals surface area contributed by atoms with Crippen molar-refractivity contribution in [3.63, 3.8) is 0 Å². The van der Waals surface area contributed by atoms with Crippen molar-refractivity contribution in [1.29, 1.82) is 0 Å². The fraction of sp³-hybridized carbons (Fsp3) is 0.407. The topological polar surface area (TPSA) is 54.8 Å². The molecule has 5 rings (SSSR count). The molecule has 0 radical (unpaired) electrons. The normalized spacial score (nSPS) is 20.7. The smallest absolute Gasteiger partial charge is 0.170 e. The largest absolute Gasteiger partial charge is 0.497 e. The van der Waals surface area contributed by atoms with Gasteiger partial charge in [-0.25, -0.2) is 0 Å². The number of nitrogens with one attached hydrogen (secondary N) is 1. The fourth-order valence-electron chi connectivity index (χ4n) is 5.13. The molecular weight excluding hydrogens is 458 g/mol. The molecule has 2 aliphatic heterocycles. The molecule has 1 aromatic carbocycles. The number of benzene rings is 1. The maximum atomic E-state index is 5.89. The number of pyridine rings is 1. The van der Waals surface area contributed by atoms with E-state index in [1.165, 1.54) is 11.4 Å². The van der Waals surface area contributed by atoms with E-state index in [9.17, 15) is 0 Å². The highest BCUT2D eigenvalue weighted by Crippen LogP contribution is 2.40. The van der Waals surface area contributed by atoms with Gasteiger partial charge in [0, 0.05) is 49.5 Å². The predicted octanol–water partition coefficient (Wildman–Crippen LogP) is 3.88. The SMILES string of the molecule is COc1ccc(-n2c(C)ccc2[C@@H]2[C@@H](c3ccccn3)NC(=S)N2CCCN2CCOCC2)cc1. The van der Waals surface area contributed by atoms with E-state index in [1.54, 1.807) is 7.11 Å². The van der Waals surface area contributed by atoms with Crippen molar-refractivity contribution in [2.45, 2.75) is 25.4 Å². The summed E-state index contributed by atoms with van der Waals surface area (Å²) < 4.78 is 13.2. The van der Waals surface area contributed by atoms with Crippen molar-refractivity contribution in [3.05, 3.63) is 77.9 Å². The molecule has 2 aliphatic rings. The van der Waals surface area contributed by atoms with Gasteiger partial charge >= 0.3 is 0 Å². The second-order valence-electron chi connectivity index (χ2n) is 9.06. The van der Waals surface area contributed by atoms with Crippen LogP contribution in [0.5, 0.6) is 5.75 Å². The minimum atomic E-state index is -0.0293. The van der Waals surface area contributed by atoms with Crippen molar-refractivity contribution in [1.82, 2.24) is 24.7 Å². The van der Waals surface area contributed by atoms with E-state index in [0.29, 0.717) is 0 Å². The monoisotopic (exact) mass is 491 g/mol. The van der Waals surface area contributed by atoms with Gasteiger partial charge in [0.05, 0.1) is 38.1 Å². The number of hydrogen-bond acceptors (Lipinski definition) is 5. The molecule has 2 fully saturated rings. The van der Waals surface area contributed by atoms with Gasteiger partial charge in [0.1, 0.15) is 5.75 Å². The molecule has 0 saturated carbocycles. The number of hydrogen-bond donors (Lipinski definition) is 1. The quantitative estimate of drug-likeness (QED) is 0.480. The van der Waals surface area contributed by atoms with Gasteiger partial charge in [-0.1, -0.05) is 6.07 Å². The molecule has 2 atom stereocenters. The predicted molar refractivity (Wildman–Crippen MR) is 141 cm³/mol. The minimum Gasteiger partial charge on any atom is -0.497 e. The summed E-state index contributed by atoms with van der Waals surface area (Å²) in [6.07, 6.45) is 2.89. The molecule has 35 heavy (non-hydrogen) atoms. The van der Waals surface area contributed by atoms with Gasteiger partial charge in [-0.2, -0.15) is 0 Å². The van der Waals surface area contributed by atoms with Gasteiger partial charge in [-0.3, -0.25) is 9.88 Å². The van der Waals surface area contributed by atoms with Crippen LogP contribution in [0.1, 0.15) is 35.6 Å². The lowest BCUT2D eigenvalue weighted by molar-refractivity contribution is 0.0365. The molecule has 1 N–H and O–H groups in total. The van der Waals surface area contributed by atoms with Crippen LogP contribution in [0.15, 0.2) is 60.8 Å². The third kappa shape index (κ3) is 5.05. The van der Waals surface area contributed by atoms with Crippen LogP contribution in [0.3, 0.4) is 0 Å². The van der Waals surface area contributed by atoms with Gasteiger partial charge in [0.25, 0.3) is 0 Å². The van der Waals surface area contributed by atoms with Crippen molar-refractivity contribution in [2.75, 3.05) is 46.5 Å². The molecule has 2 aromatic heterocycles. The number of morpholine rings is 1. The summed E-state index contributed by atoms with van der Waals surface area (Å²) in [6, 6.07) is 18.7. The highest BCUT2D eigenvalue weighted by molar-refractivity contribution is 7.80. The molecule has 0 amide bonds. The molecule has 4 heterocycles. The van der Waals surface area contributed by atoms with Crippen LogP contribution in [0, 0.1) is 6.92 Å². The van der Waals surface area contributed by atoms with Crippen LogP contribution in [0.4, 0.5) is 0 Å². The van der Waals surface area contributed by atoms with Gasteiger partial charge in [-0.05, 0) is 74.1 Å². The van der Waals surface area contributed by atoms with E-state index in [2.05, 4.69) is 56.9 Å². The summed E-state index contributed by atoms with van der Waals surface area (Å²) in [5, 5.41) is 4.38. The molecule has 3 aromatic rings. The molecule has 2 saturated heterocycles. The van der Waals surface area contributed by atoms with E-state index < -0.39 is 0 Å². The molecule has 184 valence electrons. The van der Waals surface area contributed by atoms with E-state index in [1.807, 2.05) is 30.5 Å². The van der Waals surface area contributed by atoms with Gasteiger partial charge < -0.3 is 24.3 Å². The number of rotatable bonds is 8. The van der Waals surface area contributed by atoms with Gasteiger partial charge in [-0.15, -0.1) is 0 Å². The Hall–Kier alpha value is -2.94. The van der Waals surface area contributed by atoms with Gasteiger partial charge in [0.15, 0.2) is 5.11 Å². The zero-order valence-electron chi connectivity index (χ0n) is 20.4. The first-order valence-corrected chi connectivity index (χ1v) is 12.7. The Morgan fingerprint density at radius 1 is 1.06 bits per heavy atom. The highest BCUT2D eigenvalue weighted by atomic mass is 32.1. The second kappa shape index (κ2) is 10.8. The zero-order chi connectivity index (χ0) is 24.2. The fourth-order valence-corrected chi connectivity index (χ4v) is 5.46. The number of methoxy groups -OCH3 is 1. The van der Waals surface area contributed by atoms with Gasteiger partial charge in [0.2, 0.25) is 0 Å². The molecule has 8 heteroatoms. The summed E-state index contributed by atoms with van der Waals surface area (Å²) in [4.78, 5) is 9.52. The average molecular weight is 492 g/mol. The van der Waals surface area contributed by atoms with E-state index in [0.717, 1.165) is 68.1 Å². The van der Waals surface area contributed by atoms with Crippen LogP contribution in [0.25, 0.3) is 5.69 Å². The van der Waals surface area contributed by atoms with E-state index >= 15 is 0 Å². The number of nitrogens with zero attached hydrogens (tertiary/aromatic N) is 4. The van der Waals surface area contributed by atoms with E-state index in [-0.39, 0.29) is 12.1 Å². The Morgan fingerprint density at radius 3 is 2.57 bits per heavy atom. The minimum absolute atomic E-state index is 0.0258. The van der Waals surface area contributed by atoms with Crippen molar-refractivity contribution in [2.24, 2.45) is 0 Å². The summed E-state index contributed by atoms with van der Waals surface area (Å²) in [5.74, 6) is 0.847. The first kappa shape index (κ1) is 23.8. The van der Waals surface area contributed by atoms with Crippen LogP contribution in [-0.2, 0) is 4.74 Å². The lowest BCUT2D eigenvalue weighted by Crippen LogP contribution is -2.39. The Labute approximate surface area is 212 Å². The summed E-state index contributed by atoms with van der Waals surface area (Å²) in [6.45, 7) is 7.72. The molecular formula is C27H33N5O2S. The second-order valence-corrected chi connectivity index (χ2v) is 9.45. The number of aryl methyl sites for hydroxylation is 1. The molecule has 7 nitrogen and oxygen atoms in total. The molecule has 0 bridgehead atoms. The van der Waals surface area contributed by atoms with E-state index in [4.69, 9.17) is 26.7 Å². The maximum absolute atomic E-state index is 5.89. The maximum Gasteiger partial charge on any atom is 0.170 e. The van der Waals surface area contributed by atoms with Crippen LogP contribution in [-0.4, -0.2) is 71.0 Å². The number of aromatic nitrogens is 2. The lowest BCUT2D eigenvalue weighted by Gasteiger charge is -2.31. The first-order chi connectivity index (χ1) is 17.2. The standard InChI is InChI=1S/C27H33N5O2S/c1-20-7-12-24(32(20)21-8-10-22(33-2)11-9-21)26-25(23-6-3-4-13-28-23)29-27(35)31(26)15-5-14-30-16-18-34-19-17-30/h3-4,6-13,25-26H,5,14-19H2,1-2H3,(H,29,35)/t25-,26-/m1/s1. The Balaban J connectivity index is 1.47. The van der Waals surface area contributed by atoms with Crippen molar-refractivity contribution in [3.8, 4) is 11.4 Å². The van der Waals surface area contributed by atoms with Crippen molar-refractivity contribution >= 4 is 17.3 Å². The Kier molecular flexibility index (Phi) is 7.32. The van der Waals surface area contributed by atoms with Crippen molar-refractivity contribution < 1.29 is 9.47 Å². The Morgan fingerprint density at radius 2 is 1.86 bits per heavy atom. The summed E-state index contributed by atoms with van der Waals surface area (Å²) in [5.41, 5.74) is 4.47. The van der Waals surface area contributed by atoms with Crippen LogP contribution < -0.4 is 10.1 Å². The summed E-state index contributed by atoms with van der Waals surface area (Å²) in [7, 11) is 1.69.